The number of rotatable bonds is 3. The summed E-state index contributed by atoms with van der Waals surface area (Å²) in [5.41, 5.74) is 0.293. The molecule has 18 heavy (non-hydrogen) atoms. The normalized spacial score (nSPS) is 13.5. The van der Waals surface area contributed by atoms with E-state index in [0.29, 0.717) is 5.56 Å². The average molecular weight is 250 g/mol. The van der Waals surface area contributed by atoms with Gasteiger partial charge in [0.05, 0.1) is 5.92 Å². The van der Waals surface area contributed by atoms with Crippen molar-refractivity contribution in [1.82, 2.24) is 0 Å². The van der Waals surface area contributed by atoms with Crippen molar-refractivity contribution in [3.63, 3.8) is 0 Å². The number of hydrogen-bond donors (Lipinski definition) is 0. The molecule has 1 unspecified atom stereocenters. The molecular weight excluding hydrogens is 237 g/mol. The second-order valence-corrected chi connectivity index (χ2v) is 4.23. The molecule has 0 fully saturated rings. The van der Waals surface area contributed by atoms with E-state index in [9.17, 15) is 13.2 Å². The van der Waals surface area contributed by atoms with Crippen LogP contribution < -0.4 is 0 Å². The van der Waals surface area contributed by atoms with E-state index < -0.39 is 12.1 Å². The Balaban J connectivity index is 2.47. The van der Waals surface area contributed by atoms with Crippen molar-refractivity contribution in [2.24, 2.45) is 0 Å². The van der Waals surface area contributed by atoms with Crippen molar-refractivity contribution < 1.29 is 13.2 Å². The minimum Gasteiger partial charge on any atom is -0.170 e. The lowest BCUT2D eigenvalue weighted by molar-refractivity contribution is -0.149. The highest BCUT2D eigenvalue weighted by molar-refractivity contribution is 5.83. The molecule has 0 aliphatic heterocycles. The van der Waals surface area contributed by atoms with Gasteiger partial charge in [-0.25, -0.2) is 0 Å². The van der Waals surface area contributed by atoms with Gasteiger partial charge in [-0.1, -0.05) is 48.5 Å². The topological polar surface area (TPSA) is 0 Å². The molecule has 0 aliphatic rings. The SMILES string of the molecule is C=CCC(c1ccc2ccccc2c1)C(F)(F)F. The molecular formula is C15H13F3. The molecule has 0 radical (unpaired) electrons. The molecule has 3 heteroatoms. The first-order valence-electron chi connectivity index (χ1n) is 5.68. The predicted molar refractivity (Wildman–Crippen MR) is 67.6 cm³/mol. The Morgan fingerprint density at radius 2 is 1.72 bits per heavy atom. The molecule has 0 nitrogen and oxygen atoms in total. The lowest BCUT2D eigenvalue weighted by atomic mass is 9.93. The number of fused-ring (bicyclic) bond motifs is 1. The van der Waals surface area contributed by atoms with Gasteiger partial charge in [-0.05, 0) is 22.8 Å². The molecule has 2 aromatic carbocycles. The summed E-state index contributed by atoms with van der Waals surface area (Å²) in [6.45, 7) is 3.40. The molecule has 0 aliphatic carbocycles. The van der Waals surface area contributed by atoms with Crippen LogP contribution in [-0.4, -0.2) is 6.18 Å². The first-order valence-corrected chi connectivity index (χ1v) is 5.68. The van der Waals surface area contributed by atoms with E-state index in [1.165, 1.54) is 6.08 Å². The number of hydrogen-bond acceptors (Lipinski definition) is 0. The van der Waals surface area contributed by atoms with Gasteiger partial charge in [-0.3, -0.25) is 0 Å². The molecule has 0 amide bonds. The number of allylic oxidation sites excluding steroid dienone is 1. The Morgan fingerprint density at radius 3 is 2.33 bits per heavy atom. The molecule has 94 valence electrons. The monoisotopic (exact) mass is 250 g/mol. The summed E-state index contributed by atoms with van der Waals surface area (Å²) < 4.78 is 38.8. The lowest BCUT2D eigenvalue weighted by Gasteiger charge is -2.19. The van der Waals surface area contributed by atoms with Crippen LogP contribution in [0, 0.1) is 0 Å². The second kappa shape index (κ2) is 4.84. The summed E-state index contributed by atoms with van der Waals surface area (Å²) in [7, 11) is 0. The Bertz CT molecular complexity index is 555. The van der Waals surface area contributed by atoms with Crippen LogP contribution >= 0.6 is 0 Å². The molecule has 0 heterocycles. The van der Waals surface area contributed by atoms with Crippen LogP contribution in [0.2, 0.25) is 0 Å². The molecule has 0 aromatic heterocycles. The Labute approximate surface area is 104 Å². The van der Waals surface area contributed by atoms with E-state index in [1.54, 1.807) is 18.2 Å². The van der Waals surface area contributed by atoms with Crippen LogP contribution in [0.15, 0.2) is 55.1 Å². The minimum atomic E-state index is -4.24. The maximum atomic E-state index is 12.9. The maximum absolute atomic E-state index is 12.9. The summed E-state index contributed by atoms with van der Waals surface area (Å²) in [5.74, 6) is -1.47. The van der Waals surface area contributed by atoms with Crippen molar-refractivity contribution in [3.05, 3.63) is 60.7 Å². The van der Waals surface area contributed by atoms with Gasteiger partial charge in [0.1, 0.15) is 0 Å². The third-order valence-electron chi connectivity index (χ3n) is 2.97. The van der Waals surface area contributed by atoms with Gasteiger partial charge in [0.15, 0.2) is 0 Å². The molecule has 0 saturated heterocycles. The summed E-state index contributed by atoms with van der Waals surface area (Å²) in [4.78, 5) is 0. The van der Waals surface area contributed by atoms with Gasteiger partial charge in [0.25, 0.3) is 0 Å². The van der Waals surface area contributed by atoms with E-state index in [1.807, 2.05) is 24.3 Å². The molecule has 0 N–H and O–H groups in total. The minimum absolute atomic E-state index is 0.0954. The van der Waals surface area contributed by atoms with Gasteiger partial charge in [-0.2, -0.15) is 13.2 Å². The van der Waals surface area contributed by atoms with Gasteiger partial charge in [0.2, 0.25) is 0 Å². The van der Waals surface area contributed by atoms with Crippen molar-refractivity contribution in [1.29, 1.82) is 0 Å². The van der Waals surface area contributed by atoms with Crippen LogP contribution in [-0.2, 0) is 0 Å². The lowest BCUT2D eigenvalue weighted by Crippen LogP contribution is -2.20. The molecule has 1 atom stereocenters. The highest BCUT2D eigenvalue weighted by Gasteiger charge is 2.39. The summed E-state index contributed by atoms with van der Waals surface area (Å²) in [6, 6.07) is 12.3. The van der Waals surface area contributed by atoms with Crippen molar-refractivity contribution in [2.75, 3.05) is 0 Å². The van der Waals surface area contributed by atoms with Gasteiger partial charge in [-0.15, -0.1) is 6.58 Å². The summed E-state index contributed by atoms with van der Waals surface area (Å²) in [6.07, 6.45) is -3.02. The first kappa shape index (κ1) is 12.7. The predicted octanol–water partition coefficient (Wildman–Crippen LogP) is 5.06. The highest BCUT2D eigenvalue weighted by atomic mass is 19.4. The number of benzene rings is 2. The fourth-order valence-corrected chi connectivity index (χ4v) is 2.05. The third-order valence-corrected chi connectivity index (χ3v) is 2.97. The van der Waals surface area contributed by atoms with Gasteiger partial charge >= 0.3 is 6.18 Å². The zero-order valence-electron chi connectivity index (χ0n) is 9.74. The second-order valence-electron chi connectivity index (χ2n) is 4.23. The Kier molecular flexibility index (Phi) is 3.41. The smallest absolute Gasteiger partial charge is 0.170 e. The third kappa shape index (κ3) is 2.55. The Morgan fingerprint density at radius 1 is 1.06 bits per heavy atom. The molecule has 0 spiro atoms. The van der Waals surface area contributed by atoms with Crippen LogP contribution in [0.4, 0.5) is 13.2 Å². The van der Waals surface area contributed by atoms with Crippen molar-refractivity contribution in [2.45, 2.75) is 18.5 Å². The fraction of sp³-hybridized carbons (Fsp3) is 0.200. The summed E-state index contributed by atoms with van der Waals surface area (Å²) in [5, 5.41) is 1.77. The zero-order chi connectivity index (χ0) is 13.2. The van der Waals surface area contributed by atoms with E-state index in [0.717, 1.165) is 10.8 Å². The highest BCUT2D eigenvalue weighted by Crippen LogP contribution is 2.38. The zero-order valence-corrected chi connectivity index (χ0v) is 9.74. The van der Waals surface area contributed by atoms with E-state index in [2.05, 4.69) is 6.58 Å². The Hall–Kier alpha value is -1.77. The van der Waals surface area contributed by atoms with Crippen LogP contribution in [0.25, 0.3) is 10.8 Å². The van der Waals surface area contributed by atoms with Gasteiger partial charge in [0, 0.05) is 0 Å². The standard InChI is InChI=1S/C15H13F3/c1-2-5-14(15(16,17)18)13-9-8-11-6-3-4-7-12(11)10-13/h2-4,6-10,14H,1,5H2. The largest absolute Gasteiger partial charge is 0.396 e. The molecule has 0 bridgehead atoms. The fourth-order valence-electron chi connectivity index (χ4n) is 2.05. The van der Waals surface area contributed by atoms with Crippen LogP contribution in [0.1, 0.15) is 17.9 Å². The molecule has 0 saturated carbocycles. The number of alkyl halides is 3. The van der Waals surface area contributed by atoms with Crippen LogP contribution in [0.5, 0.6) is 0 Å². The average Bonchev–Trinajstić information content (AvgIpc) is 2.34. The van der Waals surface area contributed by atoms with Crippen molar-refractivity contribution >= 4 is 10.8 Å². The van der Waals surface area contributed by atoms with Gasteiger partial charge < -0.3 is 0 Å². The summed E-state index contributed by atoms with van der Waals surface area (Å²) >= 11 is 0. The molecule has 2 aromatic rings. The first-order chi connectivity index (χ1) is 8.52. The quantitative estimate of drug-likeness (QED) is 0.668. The number of halogens is 3. The van der Waals surface area contributed by atoms with E-state index in [4.69, 9.17) is 0 Å². The van der Waals surface area contributed by atoms with E-state index >= 15 is 0 Å². The molecule has 2 rings (SSSR count). The maximum Gasteiger partial charge on any atom is 0.396 e. The van der Waals surface area contributed by atoms with E-state index in [-0.39, 0.29) is 6.42 Å². The van der Waals surface area contributed by atoms with Crippen molar-refractivity contribution in [3.8, 4) is 0 Å². The van der Waals surface area contributed by atoms with Crippen LogP contribution in [0.3, 0.4) is 0 Å².